The van der Waals surface area contributed by atoms with Crippen molar-refractivity contribution in [3.8, 4) is 0 Å². The topological polar surface area (TPSA) is 58.4 Å². The monoisotopic (exact) mass is 340 g/mol. The molecule has 1 amide bonds. The highest BCUT2D eigenvalue weighted by molar-refractivity contribution is 5.92. The number of benzene rings is 1. The fourth-order valence-electron chi connectivity index (χ4n) is 3.18. The van der Waals surface area contributed by atoms with E-state index < -0.39 is 0 Å². The number of rotatable bonds is 4. The summed E-state index contributed by atoms with van der Waals surface area (Å²) in [5.41, 5.74) is 1.11. The molecule has 2 heterocycles. The van der Waals surface area contributed by atoms with Crippen LogP contribution in [0.1, 0.15) is 28.9 Å². The number of amides is 1. The van der Waals surface area contributed by atoms with Crippen LogP contribution in [0.15, 0.2) is 47.3 Å². The fourth-order valence-corrected chi connectivity index (χ4v) is 3.18. The van der Waals surface area contributed by atoms with Crippen LogP contribution in [0.2, 0.25) is 0 Å². The highest BCUT2D eigenvalue weighted by atomic mass is 16.2. The Labute approximate surface area is 147 Å². The van der Waals surface area contributed by atoms with Crippen LogP contribution in [0.3, 0.4) is 0 Å². The Morgan fingerprint density at radius 3 is 2.44 bits per heavy atom. The maximum Gasteiger partial charge on any atom is 0.274 e. The first-order valence-corrected chi connectivity index (χ1v) is 8.62. The number of hydrogen-bond donors (Lipinski definition) is 0. The van der Waals surface area contributed by atoms with E-state index in [1.54, 1.807) is 0 Å². The second-order valence-electron chi connectivity index (χ2n) is 6.69. The molecule has 1 aromatic carbocycles. The quantitative estimate of drug-likeness (QED) is 0.845. The Bertz CT molecular complexity index is 778. The molecule has 1 aliphatic rings. The molecule has 6 nitrogen and oxygen atoms in total. The van der Waals surface area contributed by atoms with Gasteiger partial charge in [0.25, 0.3) is 11.5 Å². The van der Waals surface area contributed by atoms with E-state index in [-0.39, 0.29) is 11.5 Å². The lowest BCUT2D eigenvalue weighted by atomic mass is 10.0. The van der Waals surface area contributed by atoms with Crippen LogP contribution < -0.4 is 5.56 Å². The summed E-state index contributed by atoms with van der Waals surface area (Å²) in [6.45, 7) is 1.81. The van der Waals surface area contributed by atoms with Crippen LogP contribution in [0.5, 0.6) is 0 Å². The van der Waals surface area contributed by atoms with Gasteiger partial charge >= 0.3 is 0 Å². The summed E-state index contributed by atoms with van der Waals surface area (Å²) < 4.78 is 1.36. The molecule has 25 heavy (non-hydrogen) atoms. The van der Waals surface area contributed by atoms with E-state index in [2.05, 4.69) is 24.1 Å². The van der Waals surface area contributed by atoms with E-state index in [9.17, 15) is 9.59 Å². The normalized spacial score (nSPS) is 15.6. The van der Waals surface area contributed by atoms with E-state index in [1.165, 1.54) is 16.8 Å². The largest absolute Gasteiger partial charge is 0.337 e. The summed E-state index contributed by atoms with van der Waals surface area (Å²) in [6.07, 6.45) is 1.92. The van der Waals surface area contributed by atoms with Gasteiger partial charge in [0, 0.05) is 25.2 Å². The van der Waals surface area contributed by atoms with Gasteiger partial charge in [-0.05, 0) is 38.6 Å². The third-order valence-electron chi connectivity index (χ3n) is 4.74. The van der Waals surface area contributed by atoms with Crippen molar-refractivity contribution in [2.75, 3.05) is 27.2 Å². The van der Waals surface area contributed by atoms with Crippen molar-refractivity contribution in [2.45, 2.75) is 25.4 Å². The van der Waals surface area contributed by atoms with Gasteiger partial charge in [0.1, 0.15) is 5.69 Å². The maximum absolute atomic E-state index is 12.7. The van der Waals surface area contributed by atoms with Crippen molar-refractivity contribution in [1.29, 1.82) is 0 Å². The number of piperidine rings is 1. The molecule has 0 radical (unpaired) electrons. The molecule has 132 valence electrons. The summed E-state index contributed by atoms with van der Waals surface area (Å²) >= 11 is 0. The Morgan fingerprint density at radius 2 is 1.80 bits per heavy atom. The number of nitrogens with zero attached hydrogens (tertiary/aromatic N) is 4. The average molecular weight is 340 g/mol. The van der Waals surface area contributed by atoms with Crippen molar-refractivity contribution in [1.82, 2.24) is 19.6 Å². The first-order chi connectivity index (χ1) is 12.0. The fraction of sp³-hybridized carbons (Fsp3) is 0.421. The van der Waals surface area contributed by atoms with Crippen LogP contribution in [0.4, 0.5) is 0 Å². The minimum atomic E-state index is -0.202. The molecule has 0 spiro atoms. The number of carbonyl (C=O) groups excluding carboxylic acids is 1. The second-order valence-corrected chi connectivity index (χ2v) is 6.69. The molecule has 2 aromatic rings. The summed E-state index contributed by atoms with van der Waals surface area (Å²) in [6, 6.07) is 13.1. The molecule has 0 N–H and O–H groups in total. The van der Waals surface area contributed by atoms with Crippen LogP contribution in [0, 0.1) is 0 Å². The molecule has 0 aliphatic carbocycles. The predicted molar refractivity (Wildman–Crippen MR) is 96.7 cm³/mol. The minimum Gasteiger partial charge on any atom is -0.337 e. The zero-order valence-electron chi connectivity index (χ0n) is 14.8. The number of hydrogen-bond acceptors (Lipinski definition) is 4. The average Bonchev–Trinajstić information content (AvgIpc) is 2.64. The molecule has 6 heteroatoms. The molecule has 0 saturated carbocycles. The van der Waals surface area contributed by atoms with Gasteiger partial charge in [0.2, 0.25) is 0 Å². The van der Waals surface area contributed by atoms with Gasteiger partial charge in [0.15, 0.2) is 0 Å². The first kappa shape index (κ1) is 17.4. The van der Waals surface area contributed by atoms with Crippen molar-refractivity contribution in [2.24, 2.45) is 0 Å². The summed E-state index contributed by atoms with van der Waals surface area (Å²) in [4.78, 5) is 28.8. The second kappa shape index (κ2) is 7.61. The van der Waals surface area contributed by atoms with Crippen LogP contribution in [-0.2, 0) is 6.54 Å². The molecule has 0 unspecified atom stereocenters. The molecule has 1 aromatic heterocycles. The standard InChI is InChI=1S/C19H24N4O2/c1-21(2)16-10-12-22(13-11-16)19(25)17-8-9-18(24)23(20-17)14-15-6-4-3-5-7-15/h3-9,16H,10-14H2,1-2H3. The maximum atomic E-state index is 12.7. The molecule has 1 fully saturated rings. The summed E-state index contributed by atoms with van der Waals surface area (Å²) in [5.74, 6) is -0.0981. The minimum absolute atomic E-state index is 0.0981. The Hall–Kier alpha value is -2.47. The van der Waals surface area contributed by atoms with Crippen molar-refractivity contribution in [3.63, 3.8) is 0 Å². The molecule has 1 saturated heterocycles. The van der Waals surface area contributed by atoms with Crippen LogP contribution in [-0.4, -0.2) is 58.7 Å². The zero-order valence-corrected chi connectivity index (χ0v) is 14.8. The molecule has 3 rings (SSSR count). The summed E-state index contributed by atoms with van der Waals surface area (Å²) in [7, 11) is 4.15. The van der Waals surface area contributed by atoms with Crippen molar-refractivity contribution < 1.29 is 4.79 Å². The van der Waals surface area contributed by atoms with E-state index in [4.69, 9.17) is 0 Å². The molecule has 0 atom stereocenters. The summed E-state index contributed by atoms with van der Waals surface area (Å²) in [5, 5.41) is 4.30. The third kappa shape index (κ3) is 4.14. The van der Waals surface area contributed by atoms with E-state index in [0.717, 1.165) is 31.5 Å². The first-order valence-electron chi connectivity index (χ1n) is 8.62. The van der Waals surface area contributed by atoms with Gasteiger partial charge in [-0.15, -0.1) is 0 Å². The smallest absolute Gasteiger partial charge is 0.274 e. The van der Waals surface area contributed by atoms with Crippen molar-refractivity contribution in [3.05, 3.63) is 64.1 Å². The molecule has 1 aliphatic heterocycles. The lowest BCUT2D eigenvalue weighted by Gasteiger charge is -2.35. The molecular weight excluding hydrogens is 316 g/mol. The van der Waals surface area contributed by atoms with E-state index >= 15 is 0 Å². The van der Waals surface area contributed by atoms with Crippen molar-refractivity contribution >= 4 is 5.91 Å². The molecular formula is C19H24N4O2. The van der Waals surface area contributed by atoms with E-state index in [0.29, 0.717) is 18.3 Å². The Balaban J connectivity index is 1.73. The Morgan fingerprint density at radius 1 is 1.12 bits per heavy atom. The predicted octanol–water partition coefficient (Wildman–Crippen LogP) is 1.46. The highest BCUT2D eigenvalue weighted by Gasteiger charge is 2.25. The third-order valence-corrected chi connectivity index (χ3v) is 4.74. The SMILES string of the molecule is CN(C)C1CCN(C(=O)c2ccc(=O)n(Cc3ccccc3)n2)CC1. The van der Waals surface area contributed by atoms with Gasteiger partial charge in [-0.2, -0.15) is 5.10 Å². The lowest BCUT2D eigenvalue weighted by Crippen LogP contribution is -2.45. The van der Waals surface area contributed by atoms with Crippen LogP contribution >= 0.6 is 0 Å². The number of likely N-dealkylation sites (tertiary alicyclic amines) is 1. The number of aromatic nitrogens is 2. The molecule has 0 bridgehead atoms. The van der Waals surface area contributed by atoms with Gasteiger partial charge in [-0.3, -0.25) is 9.59 Å². The number of carbonyl (C=O) groups is 1. The van der Waals surface area contributed by atoms with Gasteiger partial charge < -0.3 is 9.80 Å². The Kier molecular flexibility index (Phi) is 5.28. The van der Waals surface area contributed by atoms with E-state index in [1.807, 2.05) is 35.2 Å². The highest BCUT2D eigenvalue weighted by Crippen LogP contribution is 2.15. The van der Waals surface area contributed by atoms with Gasteiger partial charge in [-0.25, -0.2) is 4.68 Å². The van der Waals surface area contributed by atoms with Gasteiger partial charge in [0.05, 0.1) is 6.54 Å². The lowest BCUT2D eigenvalue weighted by molar-refractivity contribution is 0.0654. The van der Waals surface area contributed by atoms with Crippen LogP contribution in [0.25, 0.3) is 0 Å². The zero-order chi connectivity index (χ0) is 17.8. The van der Waals surface area contributed by atoms with Gasteiger partial charge in [-0.1, -0.05) is 30.3 Å².